The van der Waals surface area contributed by atoms with E-state index in [2.05, 4.69) is 41.2 Å². The van der Waals surface area contributed by atoms with Crippen LogP contribution >= 0.6 is 0 Å². The van der Waals surface area contributed by atoms with Crippen LogP contribution in [-0.2, 0) is 6.54 Å². The van der Waals surface area contributed by atoms with Gasteiger partial charge in [0.1, 0.15) is 5.82 Å². The van der Waals surface area contributed by atoms with Crippen LogP contribution in [-0.4, -0.2) is 9.97 Å². The standard InChI is InChI=1S/C13H15N3/c1-9-3-5-11(6-4-9)12-7-10(2)15-13(8-14)16-12/h3-7H,8,14H2,1-2H3. The Balaban J connectivity index is 2.47. The third kappa shape index (κ3) is 2.25. The van der Waals surface area contributed by atoms with Gasteiger partial charge in [-0.05, 0) is 19.9 Å². The quantitative estimate of drug-likeness (QED) is 0.832. The van der Waals surface area contributed by atoms with Crippen molar-refractivity contribution in [1.29, 1.82) is 0 Å². The minimum Gasteiger partial charge on any atom is -0.324 e. The molecule has 1 aromatic heterocycles. The number of rotatable bonds is 2. The van der Waals surface area contributed by atoms with Gasteiger partial charge in [-0.2, -0.15) is 0 Å². The topological polar surface area (TPSA) is 51.8 Å². The first kappa shape index (κ1) is 10.8. The molecule has 3 nitrogen and oxygen atoms in total. The number of benzene rings is 1. The Morgan fingerprint density at radius 2 is 1.75 bits per heavy atom. The molecule has 1 aromatic carbocycles. The van der Waals surface area contributed by atoms with Crippen molar-refractivity contribution in [2.75, 3.05) is 0 Å². The molecule has 16 heavy (non-hydrogen) atoms. The molecule has 0 bridgehead atoms. The van der Waals surface area contributed by atoms with Crippen LogP contribution in [0.4, 0.5) is 0 Å². The molecule has 0 fully saturated rings. The first-order valence-corrected chi connectivity index (χ1v) is 5.30. The van der Waals surface area contributed by atoms with Gasteiger partial charge in [0.15, 0.2) is 0 Å². The summed E-state index contributed by atoms with van der Waals surface area (Å²) in [5.41, 5.74) is 9.80. The van der Waals surface area contributed by atoms with Gasteiger partial charge in [-0.1, -0.05) is 29.8 Å². The smallest absolute Gasteiger partial charge is 0.142 e. The van der Waals surface area contributed by atoms with Gasteiger partial charge in [0.2, 0.25) is 0 Å². The van der Waals surface area contributed by atoms with Gasteiger partial charge in [0, 0.05) is 11.3 Å². The molecule has 0 saturated heterocycles. The Bertz CT molecular complexity index is 489. The molecule has 0 aliphatic carbocycles. The maximum Gasteiger partial charge on any atom is 0.142 e. The lowest BCUT2D eigenvalue weighted by Gasteiger charge is -2.05. The highest BCUT2D eigenvalue weighted by atomic mass is 14.9. The fourth-order valence-electron chi connectivity index (χ4n) is 1.59. The maximum absolute atomic E-state index is 5.56. The molecular formula is C13H15N3. The highest BCUT2D eigenvalue weighted by Crippen LogP contribution is 2.18. The third-order valence-electron chi connectivity index (χ3n) is 2.43. The molecule has 2 rings (SSSR count). The van der Waals surface area contributed by atoms with Gasteiger partial charge in [0.25, 0.3) is 0 Å². The summed E-state index contributed by atoms with van der Waals surface area (Å²) in [6.07, 6.45) is 0. The number of aromatic nitrogens is 2. The van der Waals surface area contributed by atoms with Crippen LogP contribution in [0, 0.1) is 13.8 Å². The van der Waals surface area contributed by atoms with Crippen LogP contribution in [0.1, 0.15) is 17.1 Å². The fraction of sp³-hybridized carbons (Fsp3) is 0.231. The summed E-state index contributed by atoms with van der Waals surface area (Å²) in [4.78, 5) is 8.68. The van der Waals surface area contributed by atoms with Crippen LogP contribution in [0.2, 0.25) is 0 Å². The van der Waals surface area contributed by atoms with Crippen molar-refractivity contribution in [3.05, 3.63) is 47.4 Å². The highest BCUT2D eigenvalue weighted by Gasteiger charge is 2.03. The Hall–Kier alpha value is -1.74. The largest absolute Gasteiger partial charge is 0.324 e. The summed E-state index contributed by atoms with van der Waals surface area (Å²) in [5.74, 6) is 0.690. The van der Waals surface area contributed by atoms with Crippen molar-refractivity contribution in [3.63, 3.8) is 0 Å². The Morgan fingerprint density at radius 3 is 2.38 bits per heavy atom. The molecule has 0 aliphatic heterocycles. The molecule has 0 unspecified atom stereocenters. The Labute approximate surface area is 95.4 Å². The van der Waals surface area contributed by atoms with E-state index in [0.29, 0.717) is 12.4 Å². The zero-order chi connectivity index (χ0) is 11.5. The van der Waals surface area contributed by atoms with E-state index in [0.717, 1.165) is 17.0 Å². The summed E-state index contributed by atoms with van der Waals surface area (Å²) >= 11 is 0. The zero-order valence-corrected chi connectivity index (χ0v) is 9.57. The highest BCUT2D eigenvalue weighted by molar-refractivity contribution is 5.59. The van der Waals surface area contributed by atoms with Gasteiger partial charge in [-0.25, -0.2) is 9.97 Å². The van der Waals surface area contributed by atoms with Crippen LogP contribution in [0.15, 0.2) is 30.3 Å². The monoisotopic (exact) mass is 213 g/mol. The van der Waals surface area contributed by atoms with E-state index in [9.17, 15) is 0 Å². The minimum absolute atomic E-state index is 0.376. The van der Waals surface area contributed by atoms with E-state index in [-0.39, 0.29) is 0 Å². The number of nitrogens with zero attached hydrogens (tertiary/aromatic N) is 2. The van der Waals surface area contributed by atoms with Crippen molar-refractivity contribution < 1.29 is 0 Å². The average molecular weight is 213 g/mol. The second kappa shape index (κ2) is 4.41. The van der Waals surface area contributed by atoms with E-state index in [1.54, 1.807) is 0 Å². The minimum atomic E-state index is 0.376. The molecule has 82 valence electrons. The lowest BCUT2D eigenvalue weighted by molar-refractivity contribution is 0.894. The number of aryl methyl sites for hydroxylation is 2. The van der Waals surface area contributed by atoms with Crippen molar-refractivity contribution in [3.8, 4) is 11.3 Å². The molecule has 0 saturated carbocycles. The first-order valence-electron chi connectivity index (χ1n) is 5.30. The first-order chi connectivity index (χ1) is 7.69. The summed E-state index contributed by atoms with van der Waals surface area (Å²) in [5, 5.41) is 0. The van der Waals surface area contributed by atoms with Gasteiger partial charge in [-0.3, -0.25) is 0 Å². The summed E-state index contributed by atoms with van der Waals surface area (Å²) in [6, 6.07) is 10.3. The number of hydrogen-bond acceptors (Lipinski definition) is 3. The zero-order valence-electron chi connectivity index (χ0n) is 9.57. The fourth-order valence-corrected chi connectivity index (χ4v) is 1.59. The van der Waals surface area contributed by atoms with Crippen molar-refractivity contribution in [2.45, 2.75) is 20.4 Å². The summed E-state index contributed by atoms with van der Waals surface area (Å²) < 4.78 is 0. The molecular weight excluding hydrogens is 198 g/mol. The van der Waals surface area contributed by atoms with Crippen LogP contribution < -0.4 is 5.73 Å². The molecule has 0 radical (unpaired) electrons. The van der Waals surface area contributed by atoms with E-state index in [4.69, 9.17) is 5.73 Å². The molecule has 0 amide bonds. The van der Waals surface area contributed by atoms with Crippen LogP contribution in [0.3, 0.4) is 0 Å². The van der Waals surface area contributed by atoms with Gasteiger partial charge in [0.05, 0.1) is 12.2 Å². The van der Waals surface area contributed by atoms with Gasteiger partial charge < -0.3 is 5.73 Å². The molecule has 1 heterocycles. The average Bonchev–Trinajstić information content (AvgIpc) is 2.29. The van der Waals surface area contributed by atoms with Crippen molar-refractivity contribution in [2.24, 2.45) is 5.73 Å². The normalized spacial score (nSPS) is 10.4. The van der Waals surface area contributed by atoms with E-state index in [1.165, 1.54) is 5.56 Å². The van der Waals surface area contributed by atoms with Crippen LogP contribution in [0.25, 0.3) is 11.3 Å². The van der Waals surface area contributed by atoms with Crippen LogP contribution in [0.5, 0.6) is 0 Å². The predicted octanol–water partition coefficient (Wildman–Crippen LogP) is 2.22. The molecule has 0 atom stereocenters. The maximum atomic E-state index is 5.56. The van der Waals surface area contributed by atoms with Gasteiger partial charge in [-0.15, -0.1) is 0 Å². The summed E-state index contributed by atoms with van der Waals surface area (Å²) in [6.45, 7) is 4.40. The molecule has 2 aromatic rings. The lowest BCUT2D eigenvalue weighted by atomic mass is 10.1. The molecule has 0 aliphatic rings. The number of nitrogens with two attached hydrogens (primary N) is 1. The van der Waals surface area contributed by atoms with E-state index in [1.807, 2.05) is 13.0 Å². The number of hydrogen-bond donors (Lipinski definition) is 1. The second-order valence-electron chi connectivity index (χ2n) is 3.88. The molecule has 3 heteroatoms. The predicted molar refractivity (Wildman–Crippen MR) is 64.8 cm³/mol. The Kier molecular flexibility index (Phi) is 2.97. The van der Waals surface area contributed by atoms with E-state index < -0.39 is 0 Å². The second-order valence-corrected chi connectivity index (χ2v) is 3.88. The SMILES string of the molecule is Cc1ccc(-c2cc(C)nc(CN)n2)cc1. The molecule has 0 spiro atoms. The molecule has 2 N–H and O–H groups in total. The van der Waals surface area contributed by atoms with Crippen molar-refractivity contribution in [1.82, 2.24) is 9.97 Å². The van der Waals surface area contributed by atoms with E-state index >= 15 is 0 Å². The lowest BCUT2D eigenvalue weighted by Crippen LogP contribution is -2.04. The third-order valence-corrected chi connectivity index (χ3v) is 2.43. The van der Waals surface area contributed by atoms with Crippen molar-refractivity contribution >= 4 is 0 Å². The summed E-state index contributed by atoms with van der Waals surface area (Å²) in [7, 11) is 0. The Morgan fingerprint density at radius 1 is 1.06 bits per heavy atom. The van der Waals surface area contributed by atoms with Gasteiger partial charge >= 0.3 is 0 Å².